The lowest BCUT2D eigenvalue weighted by Gasteiger charge is -2.11. The summed E-state index contributed by atoms with van der Waals surface area (Å²) in [6.07, 6.45) is 0.131. The molecule has 0 aromatic heterocycles. The van der Waals surface area contributed by atoms with E-state index in [1.807, 2.05) is 38.1 Å². The van der Waals surface area contributed by atoms with E-state index in [9.17, 15) is 5.11 Å². The first-order valence-electron chi connectivity index (χ1n) is 7.68. The Bertz CT molecular complexity index is 703. The van der Waals surface area contributed by atoms with Gasteiger partial charge in [0, 0.05) is 11.3 Å². The van der Waals surface area contributed by atoms with Crippen LogP contribution in [0.15, 0.2) is 47.5 Å². The van der Waals surface area contributed by atoms with Gasteiger partial charge in [-0.1, -0.05) is 12.1 Å². The standard InChI is InChI=1S/C18H23N3O3.HI/c1-12(2)24-15-9-7-14(8-10-15)21-18(19)20-11-13-5-4-6-16(23-3)17(13)22;/h4-10,12,22H,11H2,1-3H3,(H3,19,20,21);1H. The summed E-state index contributed by atoms with van der Waals surface area (Å²) in [4.78, 5) is 4.23. The van der Waals surface area contributed by atoms with Crippen LogP contribution in [-0.4, -0.2) is 24.3 Å². The lowest BCUT2D eigenvalue weighted by atomic mass is 10.2. The third kappa shape index (κ3) is 6.33. The quantitative estimate of drug-likeness (QED) is 0.350. The monoisotopic (exact) mass is 457 g/mol. The molecular formula is C18H24IN3O3. The van der Waals surface area contributed by atoms with Gasteiger partial charge in [-0.05, 0) is 44.2 Å². The number of nitrogens with two attached hydrogens (primary N) is 1. The van der Waals surface area contributed by atoms with Gasteiger partial charge in [-0.3, -0.25) is 0 Å². The van der Waals surface area contributed by atoms with Crippen LogP contribution in [0.3, 0.4) is 0 Å². The van der Waals surface area contributed by atoms with Crippen LogP contribution < -0.4 is 20.5 Å². The van der Waals surface area contributed by atoms with Crippen molar-refractivity contribution in [1.82, 2.24) is 0 Å². The molecule has 25 heavy (non-hydrogen) atoms. The summed E-state index contributed by atoms with van der Waals surface area (Å²) in [7, 11) is 1.50. The van der Waals surface area contributed by atoms with Crippen LogP contribution >= 0.6 is 24.0 Å². The molecule has 0 saturated carbocycles. The number of benzene rings is 2. The van der Waals surface area contributed by atoms with Gasteiger partial charge >= 0.3 is 0 Å². The Morgan fingerprint density at radius 3 is 2.48 bits per heavy atom. The molecule has 0 bridgehead atoms. The lowest BCUT2D eigenvalue weighted by molar-refractivity contribution is 0.242. The van der Waals surface area contributed by atoms with Gasteiger partial charge in [-0.2, -0.15) is 0 Å². The molecule has 0 aliphatic rings. The molecule has 0 saturated heterocycles. The summed E-state index contributed by atoms with van der Waals surface area (Å²) in [6.45, 7) is 4.20. The molecule has 6 nitrogen and oxygen atoms in total. The van der Waals surface area contributed by atoms with Crippen molar-refractivity contribution in [2.45, 2.75) is 26.5 Å². The van der Waals surface area contributed by atoms with Crippen LogP contribution in [0, 0.1) is 0 Å². The van der Waals surface area contributed by atoms with Crippen molar-refractivity contribution in [3.05, 3.63) is 48.0 Å². The molecule has 0 fully saturated rings. The van der Waals surface area contributed by atoms with Crippen molar-refractivity contribution < 1.29 is 14.6 Å². The summed E-state index contributed by atoms with van der Waals surface area (Å²) >= 11 is 0. The molecule has 2 aromatic carbocycles. The fourth-order valence-corrected chi connectivity index (χ4v) is 2.11. The number of ether oxygens (including phenoxy) is 2. The second kappa shape index (κ2) is 9.97. The van der Waals surface area contributed by atoms with E-state index in [1.54, 1.807) is 18.2 Å². The minimum absolute atomic E-state index is 0. The van der Waals surface area contributed by atoms with Gasteiger partial charge in [0.2, 0.25) is 0 Å². The van der Waals surface area contributed by atoms with E-state index in [0.717, 1.165) is 11.4 Å². The summed E-state index contributed by atoms with van der Waals surface area (Å²) in [5.41, 5.74) is 7.33. The molecule has 4 N–H and O–H groups in total. The molecular weight excluding hydrogens is 433 g/mol. The van der Waals surface area contributed by atoms with E-state index in [4.69, 9.17) is 15.2 Å². The van der Waals surface area contributed by atoms with Gasteiger partial charge in [0.25, 0.3) is 0 Å². The van der Waals surface area contributed by atoms with Crippen LogP contribution in [0.4, 0.5) is 5.69 Å². The number of guanidine groups is 1. The smallest absolute Gasteiger partial charge is 0.193 e. The average molecular weight is 457 g/mol. The first-order valence-corrected chi connectivity index (χ1v) is 7.68. The number of anilines is 1. The van der Waals surface area contributed by atoms with Gasteiger partial charge in [-0.15, -0.1) is 24.0 Å². The van der Waals surface area contributed by atoms with Crippen molar-refractivity contribution in [1.29, 1.82) is 0 Å². The van der Waals surface area contributed by atoms with Crippen LogP contribution in [0.2, 0.25) is 0 Å². The third-order valence-electron chi connectivity index (χ3n) is 3.22. The van der Waals surface area contributed by atoms with Crippen molar-refractivity contribution in [3.8, 4) is 17.2 Å². The van der Waals surface area contributed by atoms with Crippen molar-refractivity contribution in [2.24, 2.45) is 10.7 Å². The fourth-order valence-electron chi connectivity index (χ4n) is 2.11. The number of methoxy groups -OCH3 is 1. The van der Waals surface area contributed by atoms with E-state index in [0.29, 0.717) is 11.3 Å². The third-order valence-corrected chi connectivity index (χ3v) is 3.22. The Balaban J connectivity index is 0.00000312. The molecule has 7 heteroatoms. The first kappa shape index (κ1) is 20.9. The van der Waals surface area contributed by atoms with Gasteiger partial charge in [0.05, 0.1) is 19.8 Å². The summed E-state index contributed by atoms with van der Waals surface area (Å²) in [5, 5.41) is 13.0. The number of hydrogen-bond acceptors (Lipinski definition) is 4. The summed E-state index contributed by atoms with van der Waals surface area (Å²) in [5.74, 6) is 1.55. The predicted molar refractivity (Wildman–Crippen MR) is 111 cm³/mol. The Hall–Kier alpha value is -2.16. The number of para-hydroxylation sites is 1. The molecule has 0 radical (unpaired) electrons. The highest BCUT2D eigenvalue weighted by molar-refractivity contribution is 14.0. The normalized spacial score (nSPS) is 11.0. The van der Waals surface area contributed by atoms with Gasteiger partial charge in [0.1, 0.15) is 5.75 Å². The minimum Gasteiger partial charge on any atom is -0.504 e. The molecule has 0 atom stereocenters. The molecule has 136 valence electrons. The number of halogens is 1. The van der Waals surface area contributed by atoms with E-state index in [1.165, 1.54) is 7.11 Å². The molecule has 0 aliphatic heterocycles. The van der Waals surface area contributed by atoms with Gasteiger partial charge in [-0.25, -0.2) is 4.99 Å². The van der Waals surface area contributed by atoms with Crippen LogP contribution in [0.5, 0.6) is 17.2 Å². The number of aromatic hydroxyl groups is 1. The molecule has 0 heterocycles. The molecule has 0 spiro atoms. The van der Waals surface area contributed by atoms with E-state index < -0.39 is 0 Å². The zero-order valence-electron chi connectivity index (χ0n) is 14.5. The highest BCUT2D eigenvalue weighted by atomic mass is 127. The number of nitrogens with one attached hydrogen (secondary N) is 1. The summed E-state index contributed by atoms with van der Waals surface area (Å²) < 4.78 is 10.7. The molecule has 0 aliphatic carbocycles. The van der Waals surface area contributed by atoms with E-state index in [2.05, 4.69) is 10.3 Å². The van der Waals surface area contributed by atoms with Crippen LogP contribution in [0.25, 0.3) is 0 Å². The fraction of sp³-hybridized carbons (Fsp3) is 0.278. The largest absolute Gasteiger partial charge is 0.504 e. The Labute approximate surface area is 165 Å². The minimum atomic E-state index is 0. The number of nitrogens with zero attached hydrogens (tertiary/aromatic N) is 1. The second-order valence-electron chi connectivity index (χ2n) is 5.49. The lowest BCUT2D eigenvalue weighted by Crippen LogP contribution is -2.22. The van der Waals surface area contributed by atoms with Crippen molar-refractivity contribution >= 4 is 35.6 Å². The SMILES string of the molecule is COc1cccc(CN=C(N)Nc2ccc(OC(C)C)cc2)c1O.I. The maximum Gasteiger partial charge on any atom is 0.193 e. The van der Waals surface area contributed by atoms with E-state index >= 15 is 0 Å². The number of rotatable bonds is 6. The Morgan fingerprint density at radius 2 is 1.88 bits per heavy atom. The zero-order chi connectivity index (χ0) is 17.5. The molecule has 2 rings (SSSR count). The number of phenols is 1. The van der Waals surface area contributed by atoms with Crippen LogP contribution in [0.1, 0.15) is 19.4 Å². The highest BCUT2D eigenvalue weighted by Gasteiger charge is 2.06. The van der Waals surface area contributed by atoms with Crippen LogP contribution in [-0.2, 0) is 6.54 Å². The number of phenolic OH excluding ortho intramolecular Hbond substituents is 1. The van der Waals surface area contributed by atoms with Gasteiger partial charge < -0.3 is 25.6 Å². The maximum absolute atomic E-state index is 10.0. The number of aliphatic imine (C=N–C) groups is 1. The summed E-state index contributed by atoms with van der Waals surface area (Å²) in [6, 6.07) is 12.7. The zero-order valence-corrected chi connectivity index (χ0v) is 16.9. The maximum atomic E-state index is 10.0. The average Bonchev–Trinajstić information content (AvgIpc) is 2.55. The highest BCUT2D eigenvalue weighted by Crippen LogP contribution is 2.29. The predicted octanol–water partition coefficient (Wildman–Crippen LogP) is 3.73. The van der Waals surface area contributed by atoms with Crippen molar-refractivity contribution in [3.63, 3.8) is 0 Å². The Morgan fingerprint density at radius 1 is 1.20 bits per heavy atom. The Kier molecular flexibility index (Phi) is 8.33. The second-order valence-corrected chi connectivity index (χ2v) is 5.49. The van der Waals surface area contributed by atoms with Gasteiger partial charge in [0.15, 0.2) is 17.5 Å². The molecule has 0 amide bonds. The van der Waals surface area contributed by atoms with Crippen molar-refractivity contribution in [2.75, 3.05) is 12.4 Å². The number of hydrogen-bond donors (Lipinski definition) is 3. The molecule has 2 aromatic rings. The van der Waals surface area contributed by atoms with E-state index in [-0.39, 0.29) is 48.3 Å². The topological polar surface area (TPSA) is 89.1 Å². The molecule has 0 unspecified atom stereocenters. The first-order chi connectivity index (χ1) is 11.5.